The molecule has 2 aromatic rings. The van der Waals surface area contributed by atoms with Gasteiger partial charge in [-0.1, -0.05) is 23.2 Å². The van der Waals surface area contributed by atoms with E-state index >= 15 is 0 Å². The minimum Gasteiger partial charge on any atom is -0.489 e. The maximum absolute atomic E-state index is 12.3. The van der Waals surface area contributed by atoms with Crippen molar-refractivity contribution in [2.75, 3.05) is 4.72 Å². The number of anilines is 1. The Labute approximate surface area is 151 Å². The molecule has 1 N–H and O–H groups in total. The van der Waals surface area contributed by atoms with E-state index in [1.54, 1.807) is 12.1 Å². The molecule has 1 saturated carbocycles. The third-order valence-electron chi connectivity index (χ3n) is 3.79. The summed E-state index contributed by atoms with van der Waals surface area (Å²) in [6.07, 6.45) is 5.75. The first-order valence-electron chi connectivity index (χ1n) is 7.55. The zero-order valence-corrected chi connectivity index (χ0v) is 15.0. The average Bonchev–Trinajstić information content (AvgIpc) is 3.03. The first kappa shape index (κ1) is 17.3. The van der Waals surface area contributed by atoms with Gasteiger partial charge in [-0.05, 0) is 56.0 Å². The van der Waals surface area contributed by atoms with Gasteiger partial charge < -0.3 is 4.74 Å². The third-order valence-corrected chi connectivity index (χ3v) is 5.68. The van der Waals surface area contributed by atoms with Crippen LogP contribution in [0.3, 0.4) is 0 Å². The Hall–Kier alpha value is -1.50. The number of rotatable bonds is 5. The minimum atomic E-state index is -3.75. The summed E-state index contributed by atoms with van der Waals surface area (Å²) in [6.45, 7) is 0. The Bertz CT molecular complexity index is 820. The summed E-state index contributed by atoms with van der Waals surface area (Å²) >= 11 is 11.9. The number of ether oxygens (including phenoxy) is 1. The van der Waals surface area contributed by atoms with E-state index in [1.165, 1.54) is 24.4 Å². The van der Waals surface area contributed by atoms with Crippen molar-refractivity contribution in [2.24, 2.45) is 0 Å². The zero-order valence-electron chi connectivity index (χ0n) is 12.7. The molecule has 1 aromatic heterocycles. The highest BCUT2D eigenvalue weighted by Gasteiger charge is 2.19. The van der Waals surface area contributed by atoms with E-state index in [1.807, 2.05) is 0 Å². The van der Waals surface area contributed by atoms with Gasteiger partial charge in [0.25, 0.3) is 10.0 Å². The molecule has 0 saturated heterocycles. The monoisotopic (exact) mass is 386 g/mol. The smallest absolute Gasteiger partial charge is 0.263 e. The fourth-order valence-corrected chi connectivity index (χ4v) is 3.91. The van der Waals surface area contributed by atoms with Crippen molar-refractivity contribution in [2.45, 2.75) is 36.7 Å². The van der Waals surface area contributed by atoms with Gasteiger partial charge in [-0.3, -0.25) is 4.72 Å². The van der Waals surface area contributed by atoms with Gasteiger partial charge >= 0.3 is 0 Å². The molecule has 0 amide bonds. The van der Waals surface area contributed by atoms with Crippen LogP contribution >= 0.6 is 23.2 Å². The van der Waals surface area contributed by atoms with Crippen LogP contribution in [0, 0.1) is 0 Å². The second kappa shape index (κ2) is 7.17. The van der Waals surface area contributed by atoms with Gasteiger partial charge in [-0.15, -0.1) is 0 Å². The van der Waals surface area contributed by atoms with Crippen LogP contribution in [0.4, 0.5) is 5.69 Å². The zero-order chi connectivity index (χ0) is 17.2. The molecule has 0 unspecified atom stereocenters. The highest BCUT2D eigenvalue weighted by atomic mass is 35.5. The number of hydrogen-bond acceptors (Lipinski definition) is 4. The van der Waals surface area contributed by atoms with E-state index in [2.05, 4.69) is 9.71 Å². The van der Waals surface area contributed by atoms with E-state index in [0.717, 1.165) is 25.7 Å². The lowest BCUT2D eigenvalue weighted by Crippen LogP contribution is -2.14. The normalized spacial score (nSPS) is 15.4. The quantitative estimate of drug-likeness (QED) is 0.767. The van der Waals surface area contributed by atoms with Crippen LogP contribution in [0.1, 0.15) is 25.7 Å². The maximum atomic E-state index is 12.3. The van der Waals surface area contributed by atoms with Crippen LogP contribution in [-0.2, 0) is 10.0 Å². The summed E-state index contributed by atoms with van der Waals surface area (Å²) in [4.78, 5) is 3.80. The van der Waals surface area contributed by atoms with Gasteiger partial charge in [0.2, 0.25) is 0 Å². The molecule has 0 aliphatic heterocycles. The Balaban J connectivity index is 1.75. The molecule has 1 aromatic carbocycles. The lowest BCUT2D eigenvalue weighted by molar-refractivity contribution is 0.210. The summed E-state index contributed by atoms with van der Waals surface area (Å²) in [5, 5.41) is 0.599. The largest absolute Gasteiger partial charge is 0.489 e. The van der Waals surface area contributed by atoms with Gasteiger partial charge in [-0.2, -0.15) is 0 Å². The van der Waals surface area contributed by atoms with Crippen molar-refractivity contribution in [1.82, 2.24) is 4.98 Å². The molecule has 24 heavy (non-hydrogen) atoms. The number of benzene rings is 1. The number of aromatic nitrogens is 1. The molecule has 0 spiro atoms. The molecule has 8 heteroatoms. The molecule has 1 aliphatic carbocycles. The van der Waals surface area contributed by atoms with E-state index in [0.29, 0.717) is 16.5 Å². The predicted molar refractivity (Wildman–Crippen MR) is 94.4 cm³/mol. The second-order valence-corrected chi connectivity index (χ2v) is 8.07. The summed E-state index contributed by atoms with van der Waals surface area (Å²) < 4.78 is 33.0. The molecule has 1 fully saturated rings. The fraction of sp³-hybridized carbons (Fsp3) is 0.312. The van der Waals surface area contributed by atoms with Crippen molar-refractivity contribution < 1.29 is 13.2 Å². The molecule has 5 nitrogen and oxygen atoms in total. The molecule has 1 aliphatic rings. The van der Waals surface area contributed by atoms with Crippen LogP contribution in [0.2, 0.25) is 10.2 Å². The number of halogens is 2. The van der Waals surface area contributed by atoms with E-state index < -0.39 is 10.0 Å². The summed E-state index contributed by atoms with van der Waals surface area (Å²) in [5.41, 5.74) is 0.355. The topological polar surface area (TPSA) is 68.3 Å². The van der Waals surface area contributed by atoms with Crippen LogP contribution < -0.4 is 9.46 Å². The molecule has 0 bridgehead atoms. The molecular weight excluding hydrogens is 371 g/mol. The summed E-state index contributed by atoms with van der Waals surface area (Å²) in [6, 6.07) is 7.64. The number of pyridine rings is 1. The van der Waals surface area contributed by atoms with Gasteiger partial charge in [0, 0.05) is 6.20 Å². The summed E-state index contributed by atoms with van der Waals surface area (Å²) in [7, 11) is -3.75. The SMILES string of the molecule is O=S(=O)(Nc1ccc(OC2CCCC2)c(Cl)c1)c1ccc(Cl)nc1. The standard InChI is InChI=1S/C16H16Cl2N2O3S/c17-14-9-11(5-7-15(14)23-12-3-1-2-4-12)20-24(21,22)13-6-8-16(18)19-10-13/h5-10,12,20H,1-4H2. The van der Waals surface area contributed by atoms with Crippen LogP contribution in [0.25, 0.3) is 0 Å². The van der Waals surface area contributed by atoms with Gasteiger partial charge in [-0.25, -0.2) is 13.4 Å². The molecule has 128 valence electrons. The number of sulfonamides is 1. The van der Waals surface area contributed by atoms with Crippen molar-refractivity contribution in [3.8, 4) is 5.75 Å². The predicted octanol–water partition coefficient (Wildman–Crippen LogP) is 4.51. The first-order valence-corrected chi connectivity index (χ1v) is 9.78. The van der Waals surface area contributed by atoms with Crippen molar-refractivity contribution in [3.05, 3.63) is 46.7 Å². The van der Waals surface area contributed by atoms with E-state index in [4.69, 9.17) is 27.9 Å². The van der Waals surface area contributed by atoms with Crippen LogP contribution in [0.5, 0.6) is 5.75 Å². The van der Waals surface area contributed by atoms with Crippen molar-refractivity contribution >= 4 is 38.9 Å². The molecule has 0 atom stereocenters. The Morgan fingerprint density at radius 1 is 1.12 bits per heavy atom. The Morgan fingerprint density at radius 3 is 2.50 bits per heavy atom. The van der Waals surface area contributed by atoms with Gasteiger partial charge in [0.1, 0.15) is 15.8 Å². The van der Waals surface area contributed by atoms with Crippen LogP contribution in [0.15, 0.2) is 41.4 Å². The Kier molecular flexibility index (Phi) is 5.18. The fourth-order valence-electron chi connectivity index (χ4n) is 2.58. The highest BCUT2D eigenvalue weighted by Crippen LogP contribution is 2.32. The lowest BCUT2D eigenvalue weighted by Gasteiger charge is -2.15. The van der Waals surface area contributed by atoms with Crippen molar-refractivity contribution in [1.29, 1.82) is 0 Å². The molecular formula is C16H16Cl2N2O3S. The minimum absolute atomic E-state index is 0.0225. The Morgan fingerprint density at radius 2 is 1.88 bits per heavy atom. The molecule has 3 rings (SSSR count). The van der Waals surface area contributed by atoms with Crippen molar-refractivity contribution in [3.63, 3.8) is 0 Å². The second-order valence-electron chi connectivity index (χ2n) is 5.59. The van der Waals surface area contributed by atoms with E-state index in [-0.39, 0.29) is 16.2 Å². The van der Waals surface area contributed by atoms with Gasteiger partial charge in [0.05, 0.1) is 16.8 Å². The number of nitrogens with one attached hydrogen (secondary N) is 1. The third kappa shape index (κ3) is 4.12. The highest BCUT2D eigenvalue weighted by molar-refractivity contribution is 7.92. The lowest BCUT2D eigenvalue weighted by atomic mass is 10.3. The summed E-state index contributed by atoms with van der Waals surface area (Å²) in [5.74, 6) is 0.569. The molecule has 1 heterocycles. The first-order chi connectivity index (χ1) is 11.4. The number of nitrogens with zero attached hydrogens (tertiary/aromatic N) is 1. The number of hydrogen-bond donors (Lipinski definition) is 1. The average molecular weight is 387 g/mol. The van der Waals surface area contributed by atoms with Crippen LogP contribution in [-0.4, -0.2) is 19.5 Å². The van der Waals surface area contributed by atoms with Gasteiger partial charge in [0.15, 0.2) is 0 Å². The maximum Gasteiger partial charge on any atom is 0.263 e. The van der Waals surface area contributed by atoms with E-state index in [9.17, 15) is 8.42 Å². The molecule has 0 radical (unpaired) electrons.